The first-order valence-corrected chi connectivity index (χ1v) is 8.10. The first-order chi connectivity index (χ1) is 11.2. The second kappa shape index (κ2) is 8.82. The van der Waals surface area contributed by atoms with E-state index in [4.69, 9.17) is 15.5 Å². The lowest BCUT2D eigenvalue weighted by Crippen LogP contribution is -2.27. The summed E-state index contributed by atoms with van der Waals surface area (Å²) in [6, 6.07) is 9.75. The van der Waals surface area contributed by atoms with Gasteiger partial charge in [-0.15, -0.1) is 5.10 Å². The summed E-state index contributed by atoms with van der Waals surface area (Å²) in [6.45, 7) is 1.84. The maximum atomic E-state index is 10.5. The summed E-state index contributed by atoms with van der Waals surface area (Å²) >= 11 is 0. The fraction of sp³-hybridized carbons (Fsp3) is 0.143. The molecule has 9 nitrogen and oxygen atoms in total. The number of hydrogen-bond donors (Lipinski definition) is 4. The zero-order valence-electron chi connectivity index (χ0n) is 13.2. The number of aryl methyl sites for hydroxylation is 2. The lowest BCUT2D eigenvalue weighted by molar-refractivity contribution is 0.232. The lowest BCUT2D eigenvalue weighted by atomic mass is 10.2. The molecule has 10 heteroatoms. The molecule has 2 rings (SSSR count). The first kappa shape index (κ1) is 19.4. The van der Waals surface area contributed by atoms with Crippen LogP contribution in [-0.2, 0) is 17.2 Å². The molecule has 5 N–H and O–H groups in total. The second-order valence-electron chi connectivity index (χ2n) is 4.67. The standard InChI is InChI=1S/C7H11N5O.C7H8O3S/c1-12-4-2-3-6(12)5-9-10-7(8)11-13;1-6-2-4-7(5-3-6)11(8,9)10/h2-5,13H,1H3,(H3,8,10,11);2-5H,1H3,(H,8,9,10)/b9-5+;. The van der Waals surface area contributed by atoms with Crippen molar-refractivity contribution in [2.24, 2.45) is 23.0 Å². The van der Waals surface area contributed by atoms with Crippen LogP contribution in [0.15, 0.2) is 57.7 Å². The summed E-state index contributed by atoms with van der Waals surface area (Å²) in [7, 11) is -2.13. The molecule has 0 spiro atoms. The van der Waals surface area contributed by atoms with Gasteiger partial charge in [-0.25, -0.2) is 5.48 Å². The maximum Gasteiger partial charge on any atom is 0.294 e. The van der Waals surface area contributed by atoms with E-state index in [0.29, 0.717) is 0 Å². The zero-order chi connectivity index (χ0) is 18.2. The highest BCUT2D eigenvalue weighted by Crippen LogP contribution is 2.08. The summed E-state index contributed by atoms with van der Waals surface area (Å²) < 4.78 is 31.4. The molecule has 0 saturated carbocycles. The topological polar surface area (TPSA) is 142 Å². The van der Waals surface area contributed by atoms with Crippen LogP contribution in [0.25, 0.3) is 0 Å². The minimum atomic E-state index is -4.02. The van der Waals surface area contributed by atoms with Crippen LogP contribution in [-0.4, -0.2) is 34.9 Å². The maximum absolute atomic E-state index is 10.5. The van der Waals surface area contributed by atoms with Gasteiger partial charge in [0.25, 0.3) is 10.1 Å². The Labute approximate surface area is 139 Å². The normalized spacial score (nSPS) is 11.9. The summed E-state index contributed by atoms with van der Waals surface area (Å²) in [6.07, 6.45) is 3.42. The number of nitrogens with zero attached hydrogens (tertiary/aromatic N) is 3. The van der Waals surface area contributed by atoms with Gasteiger partial charge in [0.15, 0.2) is 0 Å². The summed E-state index contributed by atoms with van der Waals surface area (Å²) in [4.78, 5) is -0.0666. The van der Waals surface area contributed by atoms with E-state index in [2.05, 4.69) is 10.2 Å². The average Bonchev–Trinajstić information content (AvgIpc) is 2.92. The number of aromatic nitrogens is 1. The monoisotopic (exact) mass is 353 g/mol. The van der Waals surface area contributed by atoms with Crippen molar-refractivity contribution < 1.29 is 18.2 Å². The number of hydrogen-bond acceptors (Lipinski definition) is 5. The number of rotatable bonds is 3. The highest BCUT2D eigenvalue weighted by Gasteiger charge is 2.06. The van der Waals surface area contributed by atoms with E-state index in [1.165, 1.54) is 18.3 Å². The molecule has 24 heavy (non-hydrogen) atoms. The summed E-state index contributed by atoms with van der Waals surface area (Å²) in [5.74, 6) is -0.148. The SMILES string of the molecule is Cc1ccc(S(=O)(=O)O)cc1.Cn1cccc1/C=N/N=C(\N)NO. The van der Waals surface area contributed by atoms with Gasteiger partial charge >= 0.3 is 0 Å². The fourth-order valence-corrected chi connectivity index (χ4v) is 1.97. The van der Waals surface area contributed by atoms with Crippen LogP contribution in [0, 0.1) is 6.92 Å². The van der Waals surface area contributed by atoms with Gasteiger partial charge in [0.2, 0.25) is 5.96 Å². The Balaban J connectivity index is 0.000000243. The van der Waals surface area contributed by atoms with Crippen molar-refractivity contribution >= 4 is 22.3 Å². The molecule has 0 aliphatic carbocycles. The van der Waals surface area contributed by atoms with Gasteiger partial charge in [-0.05, 0) is 31.2 Å². The van der Waals surface area contributed by atoms with Crippen LogP contribution in [0.2, 0.25) is 0 Å². The van der Waals surface area contributed by atoms with Crippen LogP contribution in [0.5, 0.6) is 0 Å². The smallest absolute Gasteiger partial charge is 0.294 e. The predicted octanol–water partition coefficient (Wildman–Crippen LogP) is 0.894. The summed E-state index contributed by atoms with van der Waals surface area (Å²) in [5.41, 5.74) is 8.64. The number of hydroxylamine groups is 1. The third-order valence-electron chi connectivity index (χ3n) is 2.77. The van der Waals surface area contributed by atoms with Crippen LogP contribution < -0.4 is 11.2 Å². The molecule has 1 aromatic carbocycles. The Hall–Kier alpha value is -2.69. The number of guanidine groups is 1. The van der Waals surface area contributed by atoms with Crippen molar-refractivity contribution in [2.75, 3.05) is 0 Å². The Kier molecular flexibility index (Phi) is 7.11. The number of nitrogens with one attached hydrogen (secondary N) is 1. The van der Waals surface area contributed by atoms with Gasteiger partial charge in [0, 0.05) is 13.2 Å². The van der Waals surface area contributed by atoms with Gasteiger partial charge in [0.05, 0.1) is 16.8 Å². The van der Waals surface area contributed by atoms with E-state index in [1.54, 1.807) is 17.6 Å². The van der Waals surface area contributed by atoms with Gasteiger partial charge in [-0.3, -0.25) is 9.76 Å². The van der Waals surface area contributed by atoms with Crippen LogP contribution >= 0.6 is 0 Å². The lowest BCUT2D eigenvalue weighted by Gasteiger charge is -1.95. The molecule has 0 radical (unpaired) electrons. The molecular weight excluding hydrogens is 334 g/mol. The van der Waals surface area contributed by atoms with Crippen molar-refractivity contribution in [1.82, 2.24) is 10.0 Å². The highest BCUT2D eigenvalue weighted by atomic mass is 32.2. The molecule has 0 aliphatic rings. The molecule has 0 saturated heterocycles. The first-order valence-electron chi connectivity index (χ1n) is 6.66. The van der Waals surface area contributed by atoms with Crippen molar-refractivity contribution in [3.63, 3.8) is 0 Å². The molecule has 1 heterocycles. The Bertz CT molecular complexity index is 810. The Morgan fingerprint density at radius 2 is 1.92 bits per heavy atom. The second-order valence-corrected chi connectivity index (χ2v) is 6.10. The van der Waals surface area contributed by atoms with Crippen molar-refractivity contribution in [1.29, 1.82) is 0 Å². The number of nitrogens with two attached hydrogens (primary N) is 1. The minimum absolute atomic E-state index is 0.0666. The Morgan fingerprint density at radius 1 is 1.29 bits per heavy atom. The van der Waals surface area contributed by atoms with Gasteiger partial charge in [0.1, 0.15) is 0 Å². The average molecular weight is 353 g/mol. The molecule has 2 aromatic rings. The van der Waals surface area contributed by atoms with Crippen molar-refractivity contribution in [3.8, 4) is 0 Å². The van der Waals surface area contributed by atoms with Gasteiger partial charge < -0.3 is 10.3 Å². The van der Waals surface area contributed by atoms with Crippen molar-refractivity contribution in [2.45, 2.75) is 11.8 Å². The van der Waals surface area contributed by atoms with Crippen LogP contribution in [0.1, 0.15) is 11.3 Å². The molecule has 130 valence electrons. The highest BCUT2D eigenvalue weighted by molar-refractivity contribution is 7.85. The van der Waals surface area contributed by atoms with Gasteiger partial charge in [-0.1, -0.05) is 17.7 Å². The molecule has 0 atom stereocenters. The van der Waals surface area contributed by atoms with E-state index < -0.39 is 10.1 Å². The Morgan fingerprint density at radius 3 is 2.38 bits per heavy atom. The zero-order valence-corrected chi connectivity index (χ0v) is 14.0. The molecule has 0 bridgehead atoms. The minimum Gasteiger partial charge on any atom is -0.367 e. The third-order valence-corrected chi connectivity index (χ3v) is 3.64. The predicted molar refractivity (Wildman–Crippen MR) is 90.5 cm³/mol. The third kappa shape index (κ3) is 6.60. The summed E-state index contributed by atoms with van der Waals surface area (Å²) in [5, 5.41) is 15.3. The molecule has 0 fully saturated rings. The molecule has 0 unspecified atom stereocenters. The largest absolute Gasteiger partial charge is 0.367 e. The molecule has 0 aliphatic heterocycles. The van der Waals surface area contributed by atoms with E-state index in [0.717, 1.165) is 11.3 Å². The van der Waals surface area contributed by atoms with Crippen LogP contribution in [0.4, 0.5) is 0 Å². The fourth-order valence-electron chi connectivity index (χ4n) is 1.49. The molecular formula is C14H19N5O4S. The van der Waals surface area contributed by atoms with E-state index in [-0.39, 0.29) is 10.9 Å². The van der Waals surface area contributed by atoms with E-state index >= 15 is 0 Å². The number of benzene rings is 1. The molecule has 1 aromatic heterocycles. The van der Waals surface area contributed by atoms with Crippen molar-refractivity contribution in [3.05, 3.63) is 53.9 Å². The quantitative estimate of drug-likeness (QED) is 0.279. The van der Waals surface area contributed by atoms with Crippen LogP contribution in [0.3, 0.4) is 0 Å². The van der Waals surface area contributed by atoms with E-state index in [1.807, 2.05) is 36.9 Å². The van der Waals surface area contributed by atoms with Gasteiger partial charge in [-0.2, -0.15) is 13.5 Å². The molecule has 0 amide bonds. The van der Waals surface area contributed by atoms with E-state index in [9.17, 15) is 8.42 Å².